The molecule has 0 saturated carbocycles. The highest BCUT2D eigenvalue weighted by Crippen LogP contribution is 2.41. The number of rotatable bonds is 4. The molecule has 0 amide bonds. The average Bonchev–Trinajstić information content (AvgIpc) is 3.12. The lowest BCUT2D eigenvalue weighted by Crippen LogP contribution is -2.50. The molecule has 1 saturated heterocycles. The fourth-order valence-electron chi connectivity index (χ4n) is 4.28. The van der Waals surface area contributed by atoms with E-state index in [0.717, 1.165) is 63.5 Å². The van der Waals surface area contributed by atoms with Gasteiger partial charge < -0.3 is 15.6 Å². The molecule has 4 aromatic rings. The molecule has 0 aliphatic carbocycles. The van der Waals surface area contributed by atoms with Crippen LogP contribution < -0.4 is 10.6 Å². The highest BCUT2D eigenvalue weighted by molar-refractivity contribution is 5.91. The van der Waals surface area contributed by atoms with E-state index in [2.05, 4.69) is 27.9 Å². The number of H-pyrrole nitrogens is 1. The number of aromatic amines is 1. The number of imidazole rings is 1. The smallest absolute Gasteiger partial charge is 0.142 e. The third-order valence-electron chi connectivity index (χ3n) is 5.85. The van der Waals surface area contributed by atoms with Gasteiger partial charge in [0.25, 0.3) is 0 Å². The number of aromatic nitrogens is 3. The summed E-state index contributed by atoms with van der Waals surface area (Å²) in [5, 5.41) is 0. The van der Waals surface area contributed by atoms with Gasteiger partial charge >= 0.3 is 0 Å². The van der Waals surface area contributed by atoms with Crippen molar-refractivity contribution in [3.63, 3.8) is 0 Å². The molecule has 2 aromatic carbocycles. The number of pyridine rings is 1. The maximum Gasteiger partial charge on any atom is 0.142 e. The Bertz CT molecular complexity index is 1220. The highest BCUT2D eigenvalue weighted by Gasteiger charge is 2.30. The number of anilines is 1. The maximum absolute atomic E-state index is 14.2. The van der Waals surface area contributed by atoms with E-state index in [4.69, 9.17) is 10.7 Å². The number of halogens is 1. The van der Waals surface area contributed by atoms with Gasteiger partial charge in [-0.05, 0) is 55.3 Å². The summed E-state index contributed by atoms with van der Waals surface area (Å²) in [7, 11) is 0. The van der Waals surface area contributed by atoms with Gasteiger partial charge in [-0.3, -0.25) is 4.98 Å². The van der Waals surface area contributed by atoms with E-state index in [1.165, 1.54) is 6.07 Å². The van der Waals surface area contributed by atoms with Gasteiger partial charge in [0, 0.05) is 37.0 Å². The fraction of sp³-hybridized carbons (Fsp3) is 0.250. The monoisotopic (exact) mass is 401 g/mol. The first-order chi connectivity index (χ1) is 14.5. The van der Waals surface area contributed by atoms with Crippen molar-refractivity contribution in [1.82, 2.24) is 15.0 Å². The summed E-state index contributed by atoms with van der Waals surface area (Å²) in [5.74, 6) is 0.989. The molecule has 0 atom stereocenters. The van der Waals surface area contributed by atoms with E-state index in [0.29, 0.717) is 12.5 Å². The second kappa shape index (κ2) is 7.22. The number of fused-ring (bicyclic) bond motifs is 1. The molecule has 0 radical (unpaired) electrons. The van der Waals surface area contributed by atoms with Crippen molar-refractivity contribution >= 4 is 16.7 Å². The van der Waals surface area contributed by atoms with Gasteiger partial charge in [0.1, 0.15) is 11.6 Å². The molecule has 0 spiro atoms. The van der Waals surface area contributed by atoms with Crippen molar-refractivity contribution in [2.45, 2.75) is 13.8 Å². The van der Waals surface area contributed by atoms with Crippen LogP contribution in [0.3, 0.4) is 0 Å². The highest BCUT2D eigenvalue weighted by atomic mass is 19.1. The molecular formula is C24H24FN5. The molecule has 1 aliphatic heterocycles. The second-order valence-corrected chi connectivity index (χ2v) is 8.16. The first-order valence-electron chi connectivity index (χ1n) is 10.2. The Labute approximate surface area is 174 Å². The van der Waals surface area contributed by atoms with E-state index in [9.17, 15) is 4.39 Å². The lowest BCUT2D eigenvalue weighted by molar-refractivity contribution is 0.421. The molecular weight excluding hydrogens is 377 g/mol. The zero-order valence-electron chi connectivity index (χ0n) is 17.1. The minimum absolute atomic E-state index is 0.246. The van der Waals surface area contributed by atoms with Crippen LogP contribution in [-0.4, -0.2) is 34.6 Å². The Balaban J connectivity index is 1.71. The van der Waals surface area contributed by atoms with Crippen LogP contribution >= 0.6 is 0 Å². The van der Waals surface area contributed by atoms with Crippen LogP contribution in [0.4, 0.5) is 10.1 Å². The van der Waals surface area contributed by atoms with Crippen LogP contribution in [0, 0.1) is 25.6 Å². The van der Waals surface area contributed by atoms with Gasteiger partial charge in [0.05, 0.1) is 22.3 Å². The van der Waals surface area contributed by atoms with Crippen LogP contribution in [0.1, 0.15) is 11.1 Å². The van der Waals surface area contributed by atoms with Gasteiger partial charge in [0.15, 0.2) is 0 Å². The topological polar surface area (TPSA) is 70.8 Å². The molecule has 2 aromatic heterocycles. The standard InChI is InChI=1S/C24H24FN5/c1-14-6-17(8-18(25)7-14)19-10-27-11-20(23(19)30-12-16(9-26)13-30)24-28-21-5-3-4-15(2)22(21)29-24/h3-8,10-11,16H,9,12-13,26H2,1-2H3,(H,28,29). The maximum atomic E-state index is 14.2. The SMILES string of the molecule is Cc1cc(F)cc(-c2cncc(-c3nc4c(C)cccc4[nH]3)c2N2CC(CN)C2)c1. The van der Waals surface area contributed by atoms with E-state index in [1.54, 1.807) is 6.07 Å². The Kier molecular flexibility index (Phi) is 4.51. The Morgan fingerprint density at radius 2 is 1.93 bits per heavy atom. The Morgan fingerprint density at radius 1 is 1.13 bits per heavy atom. The van der Waals surface area contributed by atoms with Crippen molar-refractivity contribution < 1.29 is 4.39 Å². The van der Waals surface area contributed by atoms with Gasteiger partial charge in [-0.1, -0.05) is 18.2 Å². The summed E-state index contributed by atoms with van der Waals surface area (Å²) < 4.78 is 14.2. The molecule has 152 valence electrons. The van der Waals surface area contributed by atoms with Crippen molar-refractivity contribution in [3.8, 4) is 22.5 Å². The molecule has 0 unspecified atom stereocenters. The van der Waals surface area contributed by atoms with E-state index in [1.807, 2.05) is 37.5 Å². The molecule has 0 bridgehead atoms. The van der Waals surface area contributed by atoms with Gasteiger partial charge in [-0.15, -0.1) is 0 Å². The van der Waals surface area contributed by atoms with Crippen LogP contribution in [0.25, 0.3) is 33.5 Å². The number of hydrogen-bond donors (Lipinski definition) is 2. The second-order valence-electron chi connectivity index (χ2n) is 8.16. The molecule has 6 heteroatoms. The van der Waals surface area contributed by atoms with Gasteiger partial charge in [0.2, 0.25) is 0 Å². The minimum atomic E-state index is -0.246. The van der Waals surface area contributed by atoms with Crippen LogP contribution in [0.5, 0.6) is 0 Å². The molecule has 3 heterocycles. The van der Waals surface area contributed by atoms with Crippen molar-refractivity contribution in [1.29, 1.82) is 0 Å². The molecule has 5 nitrogen and oxygen atoms in total. The lowest BCUT2D eigenvalue weighted by Gasteiger charge is -2.42. The Hall–Kier alpha value is -3.25. The first kappa shape index (κ1) is 18.8. The summed E-state index contributed by atoms with van der Waals surface area (Å²) >= 11 is 0. The first-order valence-corrected chi connectivity index (χ1v) is 10.2. The molecule has 30 heavy (non-hydrogen) atoms. The lowest BCUT2D eigenvalue weighted by atomic mass is 9.94. The third-order valence-corrected chi connectivity index (χ3v) is 5.85. The van der Waals surface area contributed by atoms with Crippen molar-refractivity contribution in [2.75, 3.05) is 24.5 Å². The number of aryl methyl sites for hydroxylation is 2. The number of benzene rings is 2. The third kappa shape index (κ3) is 3.13. The largest absolute Gasteiger partial charge is 0.370 e. The average molecular weight is 401 g/mol. The summed E-state index contributed by atoms with van der Waals surface area (Å²) in [6, 6.07) is 11.2. The predicted octanol–water partition coefficient (Wildman–Crippen LogP) is 4.44. The van der Waals surface area contributed by atoms with Gasteiger partial charge in [-0.25, -0.2) is 9.37 Å². The zero-order chi connectivity index (χ0) is 20.8. The number of hydrogen-bond acceptors (Lipinski definition) is 4. The molecule has 3 N–H and O–H groups in total. The molecule has 5 rings (SSSR count). The van der Waals surface area contributed by atoms with Crippen molar-refractivity contribution in [3.05, 3.63) is 65.7 Å². The van der Waals surface area contributed by atoms with Crippen LogP contribution in [0.15, 0.2) is 48.8 Å². The predicted molar refractivity (Wildman–Crippen MR) is 119 cm³/mol. The number of nitrogens with one attached hydrogen (secondary N) is 1. The quantitative estimate of drug-likeness (QED) is 0.530. The van der Waals surface area contributed by atoms with Crippen LogP contribution in [-0.2, 0) is 0 Å². The minimum Gasteiger partial charge on any atom is -0.370 e. The number of para-hydroxylation sites is 1. The van der Waals surface area contributed by atoms with Gasteiger partial charge in [-0.2, -0.15) is 0 Å². The summed E-state index contributed by atoms with van der Waals surface area (Å²) in [6.45, 7) is 6.36. The summed E-state index contributed by atoms with van der Waals surface area (Å²) in [6.07, 6.45) is 3.66. The molecule has 1 fully saturated rings. The Morgan fingerprint density at radius 3 is 2.67 bits per heavy atom. The van der Waals surface area contributed by atoms with E-state index >= 15 is 0 Å². The van der Waals surface area contributed by atoms with Crippen LogP contribution in [0.2, 0.25) is 0 Å². The molecule has 1 aliphatic rings. The summed E-state index contributed by atoms with van der Waals surface area (Å²) in [5.41, 5.74) is 13.5. The number of nitrogens with two attached hydrogens (primary N) is 1. The van der Waals surface area contributed by atoms with E-state index in [-0.39, 0.29) is 5.82 Å². The van der Waals surface area contributed by atoms with E-state index < -0.39 is 0 Å². The van der Waals surface area contributed by atoms with Crippen molar-refractivity contribution in [2.24, 2.45) is 11.7 Å². The fourth-order valence-corrected chi connectivity index (χ4v) is 4.28. The normalized spacial score (nSPS) is 14.3. The number of nitrogens with zero attached hydrogens (tertiary/aromatic N) is 3. The zero-order valence-corrected chi connectivity index (χ0v) is 17.1. The summed E-state index contributed by atoms with van der Waals surface area (Å²) in [4.78, 5) is 15.1.